The van der Waals surface area contributed by atoms with Crippen molar-refractivity contribution in [1.29, 1.82) is 0 Å². The van der Waals surface area contributed by atoms with Crippen LogP contribution in [0.5, 0.6) is 5.75 Å². The third kappa shape index (κ3) is 10.0. The SMILES string of the molecule is [2H]C([2H])([2H])c1cc(-c2c(C(C)(CC)CC)cccc2C(C)(CC)CC)ccc1-n1c(-c2cc(C([2H])(C)C)cc(C([2H])(C)C)c2O)nc2c(-c3cc(-c4ccccc4)cc(-c4cc(-c5ccc(C(C([2H])([2H])[2H])(C([2H])([2H])[2H])C([2H])([2H])[2H])cc5)ccn4)c3)cccc21. The van der Waals surface area contributed by atoms with Gasteiger partial charge in [-0.2, -0.15) is 0 Å². The van der Waals surface area contributed by atoms with Gasteiger partial charge >= 0.3 is 0 Å². The molecule has 0 aliphatic rings. The van der Waals surface area contributed by atoms with Crippen LogP contribution < -0.4 is 0 Å². The van der Waals surface area contributed by atoms with Crippen molar-refractivity contribution in [2.75, 3.05) is 0 Å². The van der Waals surface area contributed by atoms with Crippen LogP contribution in [0.15, 0.2) is 158 Å². The molecule has 0 fully saturated rings. The second-order valence-corrected chi connectivity index (χ2v) is 21.3. The molecule has 0 atom stereocenters. The first-order chi connectivity index (χ1) is 41.4. The van der Waals surface area contributed by atoms with E-state index in [1.807, 2.05) is 91.0 Å². The van der Waals surface area contributed by atoms with E-state index in [4.69, 9.17) is 22.3 Å². The molecular formula is C71H79N3O. The molecular weight excluding hydrogens is 911 g/mol. The summed E-state index contributed by atoms with van der Waals surface area (Å²) in [6.07, 6.45) is 5.07. The number of rotatable bonds is 15. The van der Waals surface area contributed by atoms with Gasteiger partial charge in [-0.05, 0) is 187 Å². The number of aryl methyl sites for hydroxylation is 1. The molecule has 2 heterocycles. The van der Waals surface area contributed by atoms with E-state index in [9.17, 15) is 12.0 Å². The zero-order chi connectivity index (χ0) is 65.4. The summed E-state index contributed by atoms with van der Waals surface area (Å²) in [5, 5.41) is 12.6. The van der Waals surface area contributed by atoms with Gasteiger partial charge in [-0.25, -0.2) is 4.98 Å². The maximum absolute atomic E-state index is 12.6. The molecule has 0 spiro atoms. The fraction of sp³-hybridized carbons (Fsp3) is 0.324. The first kappa shape index (κ1) is 37.7. The number of aromatic hydroxyl groups is 1. The van der Waals surface area contributed by atoms with E-state index in [0.717, 1.165) is 59.1 Å². The zero-order valence-corrected chi connectivity index (χ0v) is 45.1. The molecule has 2 aromatic heterocycles. The Labute approximate surface area is 468 Å². The van der Waals surface area contributed by atoms with E-state index in [1.165, 1.54) is 24.3 Å². The fourth-order valence-electron chi connectivity index (χ4n) is 10.7. The van der Waals surface area contributed by atoms with Crippen molar-refractivity contribution < 1.29 is 24.3 Å². The highest BCUT2D eigenvalue weighted by Gasteiger charge is 2.33. The molecule has 4 nitrogen and oxygen atoms in total. The van der Waals surface area contributed by atoms with Crippen molar-refractivity contribution in [3.8, 4) is 78.6 Å². The van der Waals surface area contributed by atoms with Crippen LogP contribution in [-0.4, -0.2) is 19.6 Å². The lowest BCUT2D eigenvalue weighted by Crippen LogP contribution is -2.25. The van der Waals surface area contributed by atoms with Gasteiger partial charge in [0.25, 0.3) is 0 Å². The second-order valence-electron chi connectivity index (χ2n) is 21.3. The quantitative estimate of drug-likeness (QED) is 0.111. The van der Waals surface area contributed by atoms with Gasteiger partial charge in [-0.1, -0.05) is 187 Å². The number of fused-ring (bicyclic) bond motifs is 1. The number of para-hydroxylation sites is 1. The Bertz CT molecular complexity index is 4000. The summed E-state index contributed by atoms with van der Waals surface area (Å²) in [5.41, 5.74) is 7.87. The summed E-state index contributed by atoms with van der Waals surface area (Å²) in [4.78, 5) is 10.3. The Kier molecular flexibility index (Phi) is 10.5. The predicted octanol–water partition coefficient (Wildman–Crippen LogP) is 20.1. The van der Waals surface area contributed by atoms with Crippen LogP contribution in [0, 0.1) is 6.85 Å². The van der Waals surface area contributed by atoms with Crippen molar-refractivity contribution in [2.45, 2.75) is 150 Å². The Balaban J connectivity index is 1.33. The Morgan fingerprint density at radius 2 is 1.20 bits per heavy atom. The first-order valence-electron chi connectivity index (χ1n) is 33.4. The minimum atomic E-state index is -3.42. The van der Waals surface area contributed by atoms with Gasteiger partial charge < -0.3 is 5.11 Å². The van der Waals surface area contributed by atoms with Crippen LogP contribution >= 0.6 is 0 Å². The van der Waals surface area contributed by atoms with Gasteiger partial charge in [0, 0.05) is 36.5 Å². The third-order valence-corrected chi connectivity index (χ3v) is 16.2. The zero-order valence-electron chi connectivity index (χ0n) is 59.1. The van der Waals surface area contributed by atoms with Crippen LogP contribution in [0.25, 0.3) is 83.9 Å². The van der Waals surface area contributed by atoms with Gasteiger partial charge in [-0.3, -0.25) is 9.55 Å². The molecule has 0 aliphatic carbocycles. The molecule has 0 saturated carbocycles. The Morgan fingerprint density at radius 1 is 0.573 bits per heavy atom. The smallest absolute Gasteiger partial charge is 0.149 e. The summed E-state index contributed by atoms with van der Waals surface area (Å²) in [6, 6.07) is 46.3. The number of phenolic OH excluding ortho intramolecular Hbond substituents is 1. The standard InChI is InChI=1S/C71H79N3O/c1-15-70(13,16-2)60-27-23-28-61(71(14,17-3)18-4)65(60)51-32-35-63(47(9)38-51)74-64-29-22-26-57(66(64)73-68(74)59-43-52(45(5)6)42-58(46(7)8)67(59)75)54-39-53(48-24-20-19-21-25-48)40-55(41-54)62-44-50(36-37-72-62)49-30-33-56(34-31-49)69(10,11)12/h19-46,75H,15-18H2,1-14H3/i9D3,10D3,11D3,12D3,45D,46D. The van der Waals surface area contributed by atoms with Crippen molar-refractivity contribution in [2.24, 2.45) is 0 Å². The molecule has 384 valence electrons. The van der Waals surface area contributed by atoms with E-state index in [-0.39, 0.29) is 44.7 Å². The number of imidazole rings is 1. The molecule has 7 aromatic carbocycles. The van der Waals surface area contributed by atoms with E-state index in [2.05, 4.69) is 59.7 Å². The number of benzene rings is 7. The largest absolute Gasteiger partial charge is 0.507 e. The topological polar surface area (TPSA) is 50.9 Å². The molecule has 0 unspecified atom stereocenters. The lowest BCUT2D eigenvalue weighted by Gasteiger charge is -2.36. The summed E-state index contributed by atoms with van der Waals surface area (Å²) in [5.74, 6) is -2.57. The number of hydrogen-bond acceptors (Lipinski definition) is 3. The van der Waals surface area contributed by atoms with Crippen LogP contribution in [0.2, 0.25) is 0 Å². The predicted molar refractivity (Wildman–Crippen MR) is 321 cm³/mol. The van der Waals surface area contributed by atoms with Crippen molar-refractivity contribution in [3.63, 3.8) is 0 Å². The van der Waals surface area contributed by atoms with E-state index < -0.39 is 44.6 Å². The average Bonchev–Trinajstić information content (AvgIpc) is 1.32. The molecule has 75 heavy (non-hydrogen) atoms. The average molecular weight is 1000 g/mol. The molecule has 9 rings (SSSR count). The highest BCUT2D eigenvalue weighted by atomic mass is 16.3. The molecule has 1 N–H and O–H groups in total. The number of phenols is 1. The van der Waals surface area contributed by atoms with Crippen LogP contribution in [0.4, 0.5) is 0 Å². The van der Waals surface area contributed by atoms with Gasteiger partial charge in [0.05, 0.1) is 28.0 Å². The van der Waals surface area contributed by atoms with Crippen molar-refractivity contribution in [3.05, 3.63) is 191 Å². The maximum atomic E-state index is 12.6. The normalized spacial score (nSPS) is 16.1. The molecule has 0 bridgehead atoms. The molecule has 0 amide bonds. The van der Waals surface area contributed by atoms with E-state index in [0.29, 0.717) is 55.8 Å². The summed E-state index contributed by atoms with van der Waals surface area (Å²) >= 11 is 0. The fourth-order valence-corrected chi connectivity index (χ4v) is 10.7. The minimum absolute atomic E-state index is 0.0590. The number of pyridine rings is 1. The van der Waals surface area contributed by atoms with Crippen LogP contribution in [-0.2, 0) is 16.2 Å². The molecule has 0 saturated heterocycles. The van der Waals surface area contributed by atoms with Gasteiger partial charge in [0.15, 0.2) is 0 Å². The molecule has 4 heteroatoms. The van der Waals surface area contributed by atoms with Crippen LogP contribution in [0.3, 0.4) is 0 Å². The summed E-state index contributed by atoms with van der Waals surface area (Å²) in [6.45, 7) is 7.21. The highest BCUT2D eigenvalue weighted by molar-refractivity contribution is 5.98. The summed E-state index contributed by atoms with van der Waals surface area (Å²) < 4.78 is 123. The Hall–Kier alpha value is -7.04. The van der Waals surface area contributed by atoms with Gasteiger partial charge in [-0.15, -0.1) is 0 Å². The highest BCUT2D eigenvalue weighted by Crippen LogP contribution is 2.48. The lowest BCUT2D eigenvalue weighted by atomic mass is 9.68. The van der Waals surface area contributed by atoms with Gasteiger partial charge in [0.1, 0.15) is 11.6 Å². The first-order valence-corrected chi connectivity index (χ1v) is 26.4. The summed E-state index contributed by atoms with van der Waals surface area (Å²) in [7, 11) is 0. The van der Waals surface area contributed by atoms with Crippen molar-refractivity contribution >= 4 is 11.0 Å². The molecule has 0 aliphatic heterocycles. The lowest BCUT2D eigenvalue weighted by molar-refractivity contribution is 0.426. The maximum Gasteiger partial charge on any atom is 0.149 e. The monoisotopic (exact) mass is 1000 g/mol. The van der Waals surface area contributed by atoms with E-state index in [1.54, 1.807) is 56.7 Å². The number of hydrogen-bond donors (Lipinski definition) is 1. The van der Waals surface area contributed by atoms with Crippen LogP contribution in [0.1, 0.15) is 180 Å². The second kappa shape index (κ2) is 20.9. The number of aromatic nitrogens is 3. The minimum Gasteiger partial charge on any atom is -0.507 e. The third-order valence-electron chi connectivity index (χ3n) is 16.2. The number of nitrogens with zero attached hydrogens (tertiary/aromatic N) is 3. The Morgan fingerprint density at radius 3 is 1.83 bits per heavy atom. The van der Waals surface area contributed by atoms with Gasteiger partial charge in [0.2, 0.25) is 0 Å². The van der Waals surface area contributed by atoms with E-state index >= 15 is 0 Å². The molecule has 0 radical (unpaired) electrons. The molecule has 9 aromatic rings. The van der Waals surface area contributed by atoms with Crippen molar-refractivity contribution in [1.82, 2.24) is 14.5 Å².